The molecule has 4 aromatic heterocycles. The molecule has 0 radical (unpaired) electrons. The molecule has 2 aliphatic heterocycles. The van der Waals surface area contributed by atoms with Gasteiger partial charge in [-0.25, -0.2) is 0 Å². The Kier molecular flexibility index (Phi) is 7.12. The highest BCUT2D eigenvalue weighted by Crippen LogP contribution is 2.55. The van der Waals surface area contributed by atoms with Gasteiger partial charge in [0.15, 0.2) is 0 Å². The number of anilines is 2. The van der Waals surface area contributed by atoms with Gasteiger partial charge in [-0.3, -0.25) is 0 Å². The first-order valence-electron chi connectivity index (χ1n) is 22.0. The van der Waals surface area contributed by atoms with E-state index < -0.39 is 0 Å². The topological polar surface area (TPSA) is 21.3 Å². The second-order valence-electron chi connectivity index (χ2n) is 20.9. The summed E-state index contributed by atoms with van der Waals surface area (Å²) in [4.78, 5) is 2.70. The van der Waals surface area contributed by atoms with Crippen molar-refractivity contribution >= 4 is 125 Å². The standard InChI is InChI=1S/C56H47BN2OS2/c1-54(2,3)30-18-22-33(23-19-30)59-41-28-36-34-14-10-12-16-42(34)60-43(36)29-38(41)46-47-35-15-11-13-17-44(35)61-52(47)48-37-26-31(55(4,5)6)20-24-40(37)58-50-39-27-32(56(7,8)9)21-25-45(39)62-53(50)57(59)49(46)51(48)58/h10-29H,1-9H3. The lowest BCUT2D eigenvalue weighted by Crippen LogP contribution is -2.59. The van der Waals surface area contributed by atoms with Crippen LogP contribution in [-0.4, -0.2) is 11.4 Å². The summed E-state index contributed by atoms with van der Waals surface area (Å²) in [6.45, 7) is 20.9. The minimum Gasteiger partial charge on any atom is -0.456 e. The molecule has 7 aromatic carbocycles. The van der Waals surface area contributed by atoms with Crippen molar-refractivity contribution in [1.82, 2.24) is 4.57 Å². The second kappa shape index (κ2) is 12.0. The molecular weight excluding hydrogens is 792 g/mol. The molecule has 302 valence electrons. The van der Waals surface area contributed by atoms with Gasteiger partial charge in [0.05, 0.1) is 16.7 Å². The number of hydrogen-bond donors (Lipinski definition) is 0. The van der Waals surface area contributed by atoms with Crippen LogP contribution in [-0.2, 0) is 16.2 Å². The van der Waals surface area contributed by atoms with Crippen LogP contribution in [0.1, 0.15) is 79.0 Å². The van der Waals surface area contributed by atoms with E-state index in [1.807, 2.05) is 22.7 Å². The predicted molar refractivity (Wildman–Crippen MR) is 271 cm³/mol. The summed E-state index contributed by atoms with van der Waals surface area (Å²) in [7, 11) is 0. The van der Waals surface area contributed by atoms with Gasteiger partial charge in [-0.2, -0.15) is 0 Å². The van der Waals surface area contributed by atoms with Crippen LogP contribution in [0.4, 0.5) is 11.4 Å². The quantitative estimate of drug-likeness (QED) is 0.154. The summed E-state index contributed by atoms with van der Waals surface area (Å²) >= 11 is 3.94. The molecule has 0 fully saturated rings. The van der Waals surface area contributed by atoms with Gasteiger partial charge in [-0.15, -0.1) is 22.7 Å². The van der Waals surface area contributed by atoms with Gasteiger partial charge in [-0.1, -0.05) is 123 Å². The van der Waals surface area contributed by atoms with Gasteiger partial charge in [0.2, 0.25) is 0 Å². The van der Waals surface area contributed by atoms with E-state index in [9.17, 15) is 0 Å². The molecule has 0 saturated heterocycles. The normalized spacial score (nSPS) is 14.1. The first-order valence-corrected chi connectivity index (χ1v) is 23.7. The van der Waals surface area contributed by atoms with E-state index in [2.05, 4.69) is 193 Å². The molecule has 6 heteroatoms. The van der Waals surface area contributed by atoms with Gasteiger partial charge >= 0.3 is 6.85 Å². The number of nitrogens with zero attached hydrogens (tertiary/aromatic N) is 2. The van der Waals surface area contributed by atoms with Crippen LogP contribution in [0.2, 0.25) is 0 Å². The van der Waals surface area contributed by atoms with Gasteiger partial charge in [0.25, 0.3) is 0 Å². The van der Waals surface area contributed by atoms with Crippen molar-refractivity contribution in [2.75, 3.05) is 4.81 Å². The monoisotopic (exact) mass is 838 g/mol. The Morgan fingerprint density at radius 3 is 1.92 bits per heavy atom. The molecule has 0 spiro atoms. The Hall–Kier alpha value is -5.82. The van der Waals surface area contributed by atoms with E-state index >= 15 is 0 Å². The lowest BCUT2D eigenvalue weighted by atomic mass is 9.47. The summed E-state index contributed by atoms with van der Waals surface area (Å²) in [5.41, 5.74) is 16.3. The molecule has 0 unspecified atom stereocenters. The fraction of sp³-hybridized carbons (Fsp3) is 0.214. The molecule has 0 bridgehead atoms. The highest BCUT2D eigenvalue weighted by Gasteiger charge is 2.47. The molecule has 0 aliphatic carbocycles. The molecule has 0 saturated carbocycles. The zero-order chi connectivity index (χ0) is 42.4. The number of rotatable bonds is 1. The third-order valence-corrected chi connectivity index (χ3v) is 16.4. The lowest BCUT2D eigenvalue weighted by molar-refractivity contribution is 0.590. The fourth-order valence-electron chi connectivity index (χ4n) is 10.8. The Balaban J connectivity index is 1.29. The molecule has 0 atom stereocenters. The molecule has 0 N–H and O–H groups in total. The van der Waals surface area contributed by atoms with Crippen LogP contribution in [0, 0.1) is 0 Å². The maximum atomic E-state index is 6.77. The van der Waals surface area contributed by atoms with Crippen LogP contribution in [0.15, 0.2) is 126 Å². The Morgan fingerprint density at radius 2 is 1.18 bits per heavy atom. The first-order chi connectivity index (χ1) is 29.6. The Morgan fingerprint density at radius 1 is 0.532 bits per heavy atom. The van der Waals surface area contributed by atoms with Crippen LogP contribution >= 0.6 is 22.7 Å². The van der Waals surface area contributed by atoms with Crippen molar-refractivity contribution in [3.63, 3.8) is 0 Å². The van der Waals surface area contributed by atoms with Crippen molar-refractivity contribution < 1.29 is 4.42 Å². The molecule has 0 amide bonds. The smallest absolute Gasteiger partial charge is 0.343 e. The SMILES string of the molecule is CC(C)(C)c1ccc(N2B3c4sc5ccc(C(C)(C)C)cc5c4-n4c5ccc(C(C)(C)C)cc5c5c6sc7ccccc7c6c(c3c54)-c3cc4oc5ccccc5c4cc32)cc1. The van der Waals surface area contributed by atoms with E-state index in [0.717, 1.165) is 21.9 Å². The van der Waals surface area contributed by atoms with Crippen LogP contribution in [0.3, 0.4) is 0 Å². The zero-order valence-electron chi connectivity index (χ0n) is 36.7. The van der Waals surface area contributed by atoms with E-state index in [0.29, 0.717) is 0 Å². The maximum Gasteiger partial charge on any atom is 0.343 e. The molecule has 62 heavy (non-hydrogen) atoms. The predicted octanol–water partition coefficient (Wildman–Crippen LogP) is 15.4. The van der Waals surface area contributed by atoms with E-state index in [1.165, 1.54) is 107 Å². The molecule has 2 aliphatic rings. The van der Waals surface area contributed by atoms with Gasteiger partial charge in [-0.05, 0) is 105 Å². The number of para-hydroxylation sites is 1. The molecule has 3 nitrogen and oxygen atoms in total. The minimum absolute atomic E-state index is 0.00499. The largest absolute Gasteiger partial charge is 0.456 e. The lowest BCUT2D eigenvalue weighted by Gasteiger charge is -2.41. The van der Waals surface area contributed by atoms with Crippen molar-refractivity contribution in [1.29, 1.82) is 0 Å². The average molecular weight is 839 g/mol. The minimum atomic E-state index is -0.0800. The maximum absolute atomic E-state index is 6.77. The van der Waals surface area contributed by atoms with Gasteiger partial charge < -0.3 is 13.8 Å². The van der Waals surface area contributed by atoms with Crippen LogP contribution in [0.25, 0.3) is 90.8 Å². The molecule has 13 rings (SSSR count). The summed E-state index contributed by atoms with van der Waals surface area (Å²) in [5.74, 6) is 0. The van der Waals surface area contributed by atoms with Crippen LogP contribution < -0.4 is 15.1 Å². The third kappa shape index (κ3) is 4.83. The Labute approximate surface area is 370 Å². The van der Waals surface area contributed by atoms with Crippen molar-refractivity contribution in [2.45, 2.75) is 78.6 Å². The summed E-state index contributed by atoms with van der Waals surface area (Å²) in [6.07, 6.45) is 0. The zero-order valence-corrected chi connectivity index (χ0v) is 38.4. The van der Waals surface area contributed by atoms with Crippen molar-refractivity contribution in [3.8, 4) is 16.8 Å². The van der Waals surface area contributed by atoms with Gasteiger partial charge in [0.1, 0.15) is 11.2 Å². The number of hydrogen-bond acceptors (Lipinski definition) is 4. The van der Waals surface area contributed by atoms with Crippen molar-refractivity contribution in [2.24, 2.45) is 0 Å². The first kappa shape index (κ1) is 36.8. The molecule has 6 heterocycles. The van der Waals surface area contributed by atoms with Gasteiger partial charge in [0, 0.05) is 73.5 Å². The number of furan rings is 1. The summed E-state index contributed by atoms with van der Waals surface area (Å²) < 4.78 is 14.9. The average Bonchev–Trinajstić information content (AvgIpc) is 4.00. The number of thiophene rings is 2. The molecule has 11 aromatic rings. The highest BCUT2D eigenvalue weighted by atomic mass is 32.1. The Bertz CT molecular complexity index is 3760. The molecular formula is C56H47BN2OS2. The van der Waals surface area contributed by atoms with E-state index in [1.54, 1.807) is 0 Å². The third-order valence-electron chi connectivity index (χ3n) is 14.0. The number of aromatic nitrogens is 1. The van der Waals surface area contributed by atoms with Crippen molar-refractivity contribution in [3.05, 3.63) is 138 Å². The second-order valence-corrected chi connectivity index (χ2v) is 23.1. The van der Waals surface area contributed by atoms with E-state index in [-0.39, 0.29) is 23.1 Å². The van der Waals surface area contributed by atoms with E-state index in [4.69, 9.17) is 4.42 Å². The summed E-state index contributed by atoms with van der Waals surface area (Å²) in [6, 6.07) is 46.6. The number of benzene rings is 7. The highest BCUT2D eigenvalue weighted by molar-refractivity contribution is 7.32. The summed E-state index contributed by atoms with van der Waals surface area (Å²) in [5, 5.41) is 9.03. The van der Waals surface area contributed by atoms with Crippen LogP contribution in [0.5, 0.6) is 0 Å². The number of fused-ring (bicyclic) bond motifs is 18. The fourth-order valence-corrected chi connectivity index (χ4v) is 13.4.